The maximum Gasteiger partial charge on any atom is 0.147 e. The Morgan fingerprint density at radius 1 is 1.27 bits per heavy atom. The molecule has 1 aromatic carbocycles. The zero-order valence-corrected chi connectivity index (χ0v) is 8.18. The van der Waals surface area contributed by atoms with Crippen LogP contribution in [0.1, 0.15) is 24.2 Å². The molecule has 1 aliphatic rings. The van der Waals surface area contributed by atoms with Crippen molar-refractivity contribution >= 4 is 0 Å². The second kappa shape index (κ2) is 2.86. The molecule has 1 saturated carbocycles. The molecular weight excluding hydrogens is 190 g/mol. The second-order valence-corrected chi connectivity index (χ2v) is 4.01. The monoisotopic (exact) mass is 201 g/mol. The fraction of sp³-hybridized carbons (Fsp3) is 0.250. The molecule has 15 heavy (non-hydrogen) atoms. The Labute approximate surface area is 87.3 Å². The van der Waals surface area contributed by atoms with E-state index in [1.165, 1.54) is 0 Å². The first kappa shape index (κ1) is 8.53. The van der Waals surface area contributed by atoms with Crippen LogP contribution in [0.4, 0.5) is 0 Å². The first-order valence-electron chi connectivity index (χ1n) is 5.02. The summed E-state index contributed by atoms with van der Waals surface area (Å²) < 4.78 is 5.22. The van der Waals surface area contributed by atoms with Gasteiger partial charge in [-0.3, -0.25) is 0 Å². The van der Waals surface area contributed by atoms with Crippen molar-refractivity contribution in [1.29, 1.82) is 0 Å². The molecule has 3 nitrogen and oxygen atoms in total. The van der Waals surface area contributed by atoms with Crippen molar-refractivity contribution in [2.45, 2.75) is 18.3 Å². The molecule has 1 heterocycles. The molecule has 0 aliphatic heterocycles. The van der Waals surface area contributed by atoms with E-state index < -0.39 is 0 Å². The van der Waals surface area contributed by atoms with Crippen molar-refractivity contribution < 1.29 is 9.63 Å². The van der Waals surface area contributed by atoms with Crippen molar-refractivity contribution in [2.24, 2.45) is 0 Å². The molecule has 3 rings (SSSR count). The number of hydrogen-bond acceptors (Lipinski definition) is 3. The van der Waals surface area contributed by atoms with Gasteiger partial charge in [0.1, 0.15) is 11.5 Å². The Hall–Kier alpha value is -1.77. The first-order valence-corrected chi connectivity index (χ1v) is 5.02. The zero-order chi connectivity index (χ0) is 10.3. The Kier molecular flexibility index (Phi) is 1.63. The maximum absolute atomic E-state index is 9.46. The molecule has 0 bridgehead atoms. The summed E-state index contributed by atoms with van der Waals surface area (Å²) in [5, 5.41) is 13.2. The number of rotatable bonds is 2. The van der Waals surface area contributed by atoms with Gasteiger partial charge in [-0.15, -0.1) is 0 Å². The molecule has 0 spiro atoms. The summed E-state index contributed by atoms with van der Waals surface area (Å²) in [5.41, 5.74) is 1.08. The number of phenols is 1. The summed E-state index contributed by atoms with van der Waals surface area (Å²) >= 11 is 0. The minimum atomic E-state index is -0.0325. The number of aromatic hydroxyl groups is 1. The average Bonchev–Trinajstić information content (AvgIpc) is 2.87. The quantitative estimate of drug-likeness (QED) is 0.811. The fourth-order valence-electron chi connectivity index (χ4n) is 2.07. The number of phenolic OH excluding ortho intramolecular Hbond substituents is 1. The molecule has 1 fully saturated rings. The van der Waals surface area contributed by atoms with Gasteiger partial charge in [-0.1, -0.05) is 17.3 Å². The molecule has 1 aromatic heterocycles. The Balaban J connectivity index is 2.07. The van der Waals surface area contributed by atoms with Crippen LogP contribution in [0.3, 0.4) is 0 Å². The number of aromatic nitrogens is 1. The van der Waals surface area contributed by atoms with Crippen LogP contribution in [0.2, 0.25) is 0 Å². The van der Waals surface area contributed by atoms with Gasteiger partial charge >= 0.3 is 0 Å². The van der Waals surface area contributed by atoms with Crippen molar-refractivity contribution in [3.05, 3.63) is 47.9 Å². The van der Waals surface area contributed by atoms with E-state index in [2.05, 4.69) is 5.16 Å². The summed E-state index contributed by atoms with van der Waals surface area (Å²) in [7, 11) is 0. The van der Waals surface area contributed by atoms with E-state index in [4.69, 9.17) is 4.52 Å². The fourth-order valence-corrected chi connectivity index (χ4v) is 2.07. The summed E-state index contributed by atoms with van der Waals surface area (Å²) in [4.78, 5) is 0. The Morgan fingerprint density at radius 3 is 2.73 bits per heavy atom. The third-order valence-electron chi connectivity index (χ3n) is 3.06. The van der Waals surface area contributed by atoms with Crippen LogP contribution in [0.15, 0.2) is 41.1 Å². The van der Waals surface area contributed by atoms with E-state index in [1.807, 2.05) is 18.2 Å². The largest absolute Gasteiger partial charge is 0.508 e. The van der Waals surface area contributed by atoms with E-state index in [0.29, 0.717) is 5.75 Å². The van der Waals surface area contributed by atoms with Gasteiger partial charge in [0.05, 0.1) is 11.6 Å². The van der Waals surface area contributed by atoms with Gasteiger partial charge in [0.15, 0.2) is 0 Å². The highest BCUT2D eigenvalue weighted by Gasteiger charge is 2.49. The molecule has 76 valence electrons. The normalized spacial score (nSPS) is 17.6. The Morgan fingerprint density at radius 2 is 2.13 bits per heavy atom. The lowest BCUT2D eigenvalue weighted by molar-refractivity contribution is 0.365. The van der Waals surface area contributed by atoms with Crippen LogP contribution in [-0.4, -0.2) is 10.3 Å². The van der Waals surface area contributed by atoms with Crippen molar-refractivity contribution in [2.75, 3.05) is 0 Å². The molecule has 0 atom stereocenters. The number of nitrogens with zero attached hydrogens (tertiary/aromatic N) is 1. The van der Waals surface area contributed by atoms with Crippen LogP contribution in [-0.2, 0) is 5.41 Å². The van der Waals surface area contributed by atoms with Gasteiger partial charge in [0.2, 0.25) is 0 Å². The van der Waals surface area contributed by atoms with Crippen LogP contribution in [0, 0.1) is 0 Å². The molecule has 1 N–H and O–H groups in total. The number of hydrogen-bond donors (Lipinski definition) is 1. The van der Waals surface area contributed by atoms with Crippen LogP contribution >= 0.6 is 0 Å². The molecular formula is C12H11NO2. The predicted molar refractivity (Wildman–Crippen MR) is 54.6 cm³/mol. The van der Waals surface area contributed by atoms with Gasteiger partial charge in [-0.2, -0.15) is 0 Å². The van der Waals surface area contributed by atoms with E-state index in [1.54, 1.807) is 18.3 Å². The van der Waals surface area contributed by atoms with Crippen molar-refractivity contribution in [3.63, 3.8) is 0 Å². The lowest BCUT2D eigenvalue weighted by Gasteiger charge is -2.11. The van der Waals surface area contributed by atoms with Crippen LogP contribution < -0.4 is 0 Å². The predicted octanol–water partition coefficient (Wildman–Crippen LogP) is 2.46. The van der Waals surface area contributed by atoms with Crippen molar-refractivity contribution in [3.8, 4) is 5.75 Å². The minimum absolute atomic E-state index is 0.0325. The van der Waals surface area contributed by atoms with Gasteiger partial charge in [0, 0.05) is 6.07 Å². The standard InChI is InChI=1S/C12H11NO2/c14-10-3-1-2-9(8-10)12(5-6-12)11-4-7-13-15-11/h1-4,7-8,14H,5-6H2. The van der Waals surface area contributed by atoms with Gasteiger partial charge in [-0.05, 0) is 30.5 Å². The average molecular weight is 201 g/mol. The zero-order valence-electron chi connectivity index (χ0n) is 8.18. The molecule has 2 aromatic rings. The SMILES string of the molecule is Oc1cccc(C2(c3ccno3)CC2)c1. The Bertz CT molecular complexity index is 472. The molecule has 0 amide bonds. The van der Waals surface area contributed by atoms with E-state index in [0.717, 1.165) is 24.2 Å². The molecule has 0 radical (unpaired) electrons. The minimum Gasteiger partial charge on any atom is -0.508 e. The lowest BCUT2D eigenvalue weighted by atomic mass is 9.93. The summed E-state index contributed by atoms with van der Waals surface area (Å²) in [6.07, 6.45) is 3.79. The molecule has 0 saturated heterocycles. The van der Waals surface area contributed by atoms with Crippen LogP contribution in [0.25, 0.3) is 0 Å². The third kappa shape index (κ3) is 1.23. The second-order valence-electron chi connectivity index (χ2n) is 4.01. The highest BCUT2D eigenvalue weighted by molar-refractivity contribution is 5.43. The topological polar surface area (TPSA) is 46.3 Å². The van der Waals surface area contributed by atoms with E-state index in [9.17, 15) is 5.11 Å². The third-order valence-corrected chi connectivity index (χ3v) is 3.06. The first-order chi connectivity index (χ1) is 7.31. The van der Waals surface area contributed by atoms with Gasteiger partial charge < -0.3 is 9.63 Å². The van der Waals surface area contributed by atoms with E-state index in [-0.39, 0.29) is 5.41 Å². The van der Waals surface area contributed by atoms with Crippen molar-refractivity contribution in [1.82, 2.24) is 5.16 Å². The number of benzene rings is 1. The maximum atomic E-state index is 9.46. The summed E-state index contributed by atoms with van der Waals surface area (Å²) in [6, 6.07) is 9.27. The smallest absolute Gasteiger partial charge is 0.147 e. The molecule has 0 unspecified atom stereocenters. The molecule has 1 aliphatic carbocycles. The summed E-state index contributed by atoms with van der Waals surface area (Å²) in [5.74, 6) is 1.20. The highest BCUT2D eigenvalue weighted by Crippen LogP contribution is 2.53. The van der Waals surface area contributed by atoms with Gasteiger partial charge in [0.25, 0.3) is 0 Å². The van der Waals surface area contributed by atoms with Crippen LogP contribution in [0.5, 0.6) is 5.75 Å². The highest BCUT2D eigenvalue weighted by atomic mass is 16.5. The lowest BCUT2D eigenvalue weighted by Crippen LogP contribution is -2.06. The summed E-state index contributed by atoms with van der Waals surface area (Å²) in [6.45, 7) is 0. The van der Waals surface area contributed by atoms with Gasteiger partial charge in [-0.25, -0.2) is 0 Å². The molecule has 3 heteroatoms. The van der Waals surface area contributed by atoms with E-state index >= 15 is 0 Å².